The van der Waals surface area contributed by atoms with Gasteiger partial charge in [-0.3, -0.25) is 14.6 Å². The molecule has 9 nitrogen and oxygen atoms in total. The van der Waals surface area contributed by atoms with Crippen molar-refractivity contribution in [2.45, 2.75) is 50.5 Å². The summed E-state index contributed by atoms with van der Waals surface area (Å²) in [5.41, 5.74) is 0.378. The first-order valence-electron chi connectivity index (χ1n) is 11.0. The van der Waals surface area contributed by atoms with Gasteiger partial charge in [-0.25, -0.2) is 8.42 Å². The Hall–Kier alpha value is -1.49. The highest BCUT2D eigenvalue weighted by Crippen LogP contribution is 2.25. The highest BCUT2D eigenvalue weighted by atomic mass is 32.2. The molecule has 3 fully saturated rings. The molecule has 1 aromatic heterocycles. The Balaban J connectivity index is 1.26. The predicted molar refractivity (Wildman–Crippen MR) is 112 cm³/mol. The minimum absolute atomic E-state index is 0.0960. The second-order valence-electron chi connectivity index (χ2n) is 8.69. The first kappa shape index (κ1) is 21.7. The van der Waals surface area contributed by atoms with Crippen LogP contribution in [0.15, 0.2) is 9.42 Å². The van der Waals surface area contributed by atoms with E-state index < -0.39 is 10.0 Å². The molecule has 1 aromatic rings. The Labute approximate surface area is 179 Å². The van der Waals surface area contributed by atoms with E-state index in [1.807, 2.05) is 0 Å². The number of sulfonamides is 1. The SMILES string of the molecule is Cc1noc(C)c1S(=O)(=O)N1CCN(C(=O)CN2CCN(C3CCCC3)CC2)CC1. The van der Waals surface area contributed by atoms with Crippen molar-refractivity contribution in [3.05, 3.63) is 11.5 Å². The van der Waals surface area contributed by atoms with Gasteiger partial charge in [-0.2, -0.15) is 4.31 Å². The number of amides is 1. The van der Waals surface area contributed by atoms with Crippen molar-refractivity contribution in [1.29, 1.82) is 0 Å². The number of hydrogen-bond acceptors (Lipinski definition) is 7. The fraction of sp³-hybridized carbons (Fsp3) is 0.800. The van der Waals surface area contributed by atoms with Crippen LogP contribution in [0.4, 0.5) is 0 Å². The highest BCUT2D eigenvalue weighted by Gasteiger charge is 2.35. The standard InChI is InChI=1S/C20H33N5O4S/c1-16-20(17(2)29-21-16)30(27,28)25-13-11-24(12-14-25)19(26)15-22-7-9-23(10-8-22)18-5-3-4-6-18/h18H,3-15H2,1-2H3. The molecule has 1 aliphatic carbocycles. The van der Waals surface area contributed by atoms with Gasteiger partial charge >= 0.3 is 0 Å². The minimum atomic E-state index is -3.65. The average molecular weight is 440 g/mol. The summed E-state index contributed by atoms with van der Waals surface area (Å²) in [7, 11) is -3.65. The molecule has 0 radical (unpaired) electrons. The molecule has 2 aliphatic heterocycles. The summed E-state index contributed by atoms with van der Waals surface area (Å²) in [4.78, 5) is 19.6. The number of carbonyl (C=O) groups excluding carboxylic acids is 1. The molecular formula is C20H33N5O4S. The van der Waals surface area contributed by atoms with Gasteiger partial charge in [-0.15, -0.1) is 0 Å². The molecule has 0 N–H and O–H groups in total. The van der Waals surface area contributed by atoms with Crippen molar-refractivity contribution in [3.63, 3.8) is 0 Å². The predicted octanol–water partition coefficient (Wildman–Crippen LogP) is 0.685. The first-order chi connectivity index (χ1) is 14.4. The summed E-state index contributed by atoms with van der Waals surface area (Å²) in [5.74, 6) is 0.404. The largest absolute Gasteiger partial charge is 0.360 e. The Morgan fingerprint density at radius 1 is 1.00 bits per heavy atom. The van der Waals surface area contributed by atoms with Crippen LogP contribution in [0.3, 0.4) is 0 Å². The fourth-order valence-electron chi connectivity index (χ4n) is 5.00. The minimum Gasteiger partial charge on any atom is -0.360 e. The van der Waals surface area contributed by atoms with Gasteiger partial charge in [-0.05, 0) is 26.7 Å². The third-order valence-corrected chi connectivity index (χ3v) is 8.91. The van der Waals surface area contributed by atoms with Crippen LogP contribution < -0.4 is 0 Å². The molecule has 1 amide bonds. The molecule has 0 atom stereocenters. The Bertz CT molecular complexity index is 829. The van der Waals surface area contributed by atoms with E-state index in [9.17, 15) is 13.2 Å². The van der Waals surface area contributed by atoms with Crippen LogP contribution in [0, 0.1) is 13.8 Å². The van der Waals surface area contributed by atoms with Crippen LogP contribution in [0.25, 0.3) is 0 Å². The van der Waals surface area contributed by atoms with Gasteiger partial charge in [0.15, 0.2) is 5.76 Å². The molecule has 3 aliphatic rings. The van der Waals surface area contributed by atoms with Gasteiger partial charge in [0.1, 0.15) is 10.6 Å². The number of nitrogens with zero attached hydrogens (tertiary/aromatic N) is 5. The van der Waals surface area contributed by atoms with E-state index in [4.69, 9.17) is 4.52 Å². The Kier molecular flexibility index (Phi) is 6.47. The second kappa shape index (κ2) is 8.94. The first-order valence-corrected chi connectivity index (χ1v) is 12.5. The van der Waals surface area contributed by atoms with Crippen molar-refractivity contribution in [1.82, 2.24) is 24.2 Å². The summed E-state index contributed by atoms with van der Waals surface area (Å²) < 4.78 is 32.3. The van der Waals surface area contributed by atoms with Crippen molar-refractivity contribution in [2.24, 2.45) is 0 Å². The molecule has 0 spiro atoms. The monoisotopic (exact) mass is 439 g/mol. The van der Waals surface area contributed by atoms with E-state index in [2.05, 4.69) is 15.0 Å². The molecule has 3 heterocycles. The van der Waals surface area contributed by atoms with E-state index >= 15 is 0 Å². The van der Waals surface area contributed by atoms with Crippen molar-refractivity contribution in [3.8, 4) is 0 Å². The van der Waals surface area contributed by atoms with Gasteiger partial charge in [0.25, 0.3) is 0 Å². The van der Waals surface area contributed by atoms with Crippen molar-refractivity contribution < 1.29 is 17.7 Å². The van der Waals surface area contributed by atoms with Gasteiger partial charge in [0, 0.05) is 58.4 Å². The van der Waals surface area contributed by atoms with Crippen LogP contribution in [-0.2, 0) is 14.8 Å². The number of carbonyl (C=O) groups is 1. The normalized spacial score (nSPS) is 23.3. The summed E-state index contributed by atoms with van der Waals surface area (Å²) in [6.07, 6.45) is 5.34. The molecule has 2 saturated heterocycles. The summed E-state index contributed by atoms with van der Waals surface area (Å²) in [6.45, 7) is 9.06. The molecule has 4 rings (SSSR count). The number of aryl methyl sites for hydroxylation is 2. The van der Waals surface area contributed by atoms with E-state index in [1.165, 1.54) is 30.0 Å². The number of piperazine rings is 2. The van der Waals surface area contributed by atoms with Gasteiger partial charge in [-0.1, -0.05) is 18.0 Å². The summed E-state index contributed by atoms with van der Waals surface area (Å²) in [5, 5.41) is 3.76. The fourth-order valence-corrected chi connectivity index (χ4v) is 6.71. The maximum absolute atomic E-state index is 12.9. The third kappa shape index (κ3) is 4.42. The maximum atomic E-state index is 12.9. The van der Waals surface area contributed by atoms with Crippen LogP contribution >= 0.6 is 0 Å². The van der Waals surface area contributed by atoms with E-state index in [0.29, 0.717) is 44.2 Å². The lowest BCUT2D eigenvalue weighted by Crippen LogP contribution is -2.55. The van der Waals surface area contributed by atoms with Crippen LogP contribution in [0.5, 0.6) is 0 Å². The number of rotatable bonds is 5. The zero-order valence-electron chi connectivity index (χ0n) is 18.0. The van der Waals surface area contributed by atoms with E-state index in [-0.39, 0.29) is 10.8 Å². The quantitative estimate of drug-likeness (QED) is 0.667. The Morgan fingerprint density at radius 3 is 2.20 bits per heavy atom. The third-order valence-electron chi connectivity index (χ3n) is 6.76. The average Bonchev–Trinajstić information content (AvgIpc) is 3.39. The zero-order chi connectivity index (χ0) is 21.3. The van der Waals surface area contributed by atoms with E-state index in [1.54, 1.807) is 18.7 Å². The summed E-state index contributed by atoms with van der Waals surface area (Å²) >= 11 is 0. The van der Waals surface area contributed by atoms with Crippen molar-refractivity contribution in [2.75, 3.05) is 58.9 Å². The molecular weight excluding hydrogens is 406 g/mol. The smallest absolute Gasteiger partial charge is 0.248 e. The van der Waals surface area contributed by atoms with E-state index in [0.717, 1.165) is 32.2 Å². The lowest BCUT2D eigenvalue weighted by atomic mass is 10.2. The van der Waals surface area contributed by atoms with Crippen molar-refractivity contribution >= 4 is 15.9 Å². The molecule has 0 aromatic carbocycles. The topological polar surface area (TPSA) is 90.2 Å². The molecule has 168 valence electrons. The lowest BCUT2D eigenvalue weighted by molar-refractivity contribution is -0.134. The van der Waals surface area contributed by atoms with Gasteiger partial charge in [0.2, 0.25) is 15.9 Å². The molecule has 0 unspecified atom stereocenters. The highest BCUT2D eigenvalue weighted by molar-refractivity contribution is 7.89. The van der Waals surface area contributed by atoms with Gasteiger partial charge < -0.3 is 9.42 Å². The molecule has 1 saturated carbocycles. The maximum Gasteiger partial charge on any atom is 0.248 e. The Morgan fingerprint density at radius 2 is 1.63 bits per heavy atom. The molecule has 30 heavy (non-hydrogen) atoms. The summed E-state index contributed by atoms with van der Waals surface area (Å²) in [6, 6.07) is 0.746. The van der Waals surface area contributed by atoms with Crippen LogP contribution in [0.1, 0.15) is 37.1 Å². The molecule has 0 bridgehead atoms. The number of aromatic nitrogens is 1. The molecule has 10 heteroatoms. The zero-order valence-corrected chi connectivity index (χ0v) is 18.9. The number of hydrogen-bond donors (Lipinski definition) is 0. The second-order valence-corrected chi connectivity index (χ2v) is 10.6. The van der Waals surface area contributed by atoms with Crippen LogP contribution in [-0.4, -0.2) is 103 Å². The van der Waals surface area contributed by atoms with Gasteiger partial charge in [0.05, 0.1) is 6.54 Å². The lowest BCUT2D eigenvalue weighted by Gasteiger charge is -2.39. The van der Waals surface area contributed by atoms with Crippen LogP contribution in [0.2, 0.25) is 0 Å².